The molecule has 0 aliphatic rings. The number of hydrogen-bond donors (Lipinski definition) is 2. The first-order chi connectivity index (χ1) is 11.9. The Morgan fingerprint density at radius 2 is 1.92 bits per heavy atom. The van der Waals surface area contributed by atoms with Crippen LogP contribution in [-0.4, -0.2) is 31.1 Å². The van der Waals surface area contributed by atoms with E-state index in [4.69, 9.17) is 13.9 Å². The van der Waals surface area contributed by atoms with Crippen LogP contribution in [0, 0.1) is 0 Å². The summed E-state index contributed by atoms with van der Waals surface area (Å²) in [4.78, 5) is 24.4. The van der Waals surface area contributed by atoms with E-state index in [9.17, 15) is 9.59 Å². The lowest BCUT2D eigenvalue weighted by Crippen LogP contribution is -2.41. The minimum absolute atomic E-state index is 0.0535. The third-order valence-corrected chi connectivity index (χ3v) is 3.33. The predicted molar refractivity (Wildman–Crippen MR) is 93.0 cm³/mol. The van der Waals surface area contributed by atoms with Gasteiger partial charge < -0.3 is 24.5 Å². The second-order valence-electron chi connectivity index (χ2n) is 5.73. The van der Waals surface area contributed by atoms with Crippen LogP contribution >= 0.6 is 0 Å². The lowest BCUT2D eigenvalue weighted by atomic mass is 10.2. The Hall–Kier alpha value is -2.96. The molecule has 2 amide bonds. The number of carbonyl (C=O) groups is 2. The van der Waals surface area contributed by atoms with E-state index in [1.165, 1.54) is 25.7 Å². The molecule has 1 atom stereocenters. The molecule has 7 heteroatoms. The Morgan fingerprint density at radius 1 is 1.16 bits per heavy atom. The Morgan fingerprint density at radius 3 is 2.52 bits per heavy atom. The van der Waals surface area contributed by atoms with Crippen LogP contribution in [-0.2, 0) is 4.79 Å². The fourth-order valence-corrected chi connectivity index (χ4v) is 2.07. The van der Waals surface area contributed by atoms with Gasteiger partial charge >= 0.3 is 0 Å². The third kappa shape index (κ3) is 5.00. The largest absolute Gasteiger partial charge is 0.497 e. The standard InChI is InChI=1S/C18H22N2O5/c1-11(2)25-16-6-5-14(23-4)9-15(16)20-17(21)12(3)19-18(22)13-7-8-24-10-13/h5-12H,1-4H3,(H,19,22)(H,20,21)/t12-/m0/s1. The highest BCUT2D eigenvalue weighted by Crippen LogP contribution is 2.30. The summed E-state index contributed by atoms with van der Waals surface area (Å²) >= 11 is 0. The van der Waals surface area contributed by atoms with Gasteiger partial charge in [0.2, 0.25) is 5.91 Å². The van der Waals surface area contributed by atoms with Crippen LogP contribution < -0.4 is 20.1 Å². The van der Waals surface area contributed by atoms with Gasteiger partial charge in [-0.15, -0.1) is 0 Å². The molecule has 25 heavy (non-hydrogen) atoms. The summed E-state index contributed by atoms with van der Waals surface area (Å²) in [5.74, 6) is 0.346. The zero-order valence-electron chi connectivity index (χ0n) is 14.7. The first-order valence-electron chi connectivity index (χ1n) is 7.89. The fourth-order valence-electron chi connectivity index (χ4n) is 2.07. The van der Waals surface area contributed by atoms with E-state index in [0.717, 1.165) is 0 Å². The average Bonchev–Trinajstić information content (AvgIpc) is 3.10. The number of rotatable bonds is 7. The normalized spacial score (nSPS) is 11.7. The number of nitrogens with one attached hydrogen (secondary N) is 2. The lowest BCUT2D eigenvalue weighted by Gasteiger charge is -2.18. The third-order valence-electron chi connectivity index (χ3n) is 3.33. The van der Waals surface area contributed by atoms with Gasteiger partial charge in [-0.3, -0.25) is 9.59 Å². The summed E-state index contributed by atoms with van der Waals surface area (Å²) in [7, 11) is 1.54. The van der Waals surface area contributed by atoms with E-state index < -0.39 is 6.04 Å². The highest BCUT2D eigenvalue weighted by atomic mass is 16.5. The summed E-state index contributed by atoms with van der Waals surface area (Å²) < 4.78 is 15.7. The van der Waals surface area contributed by atoms with Crippen molar-refractivity contribution in [1.29, 1.82) is 0 Å². The van der Waals surface area contributed by atoms with E-state index in [1.54, 1.807) is 25.1 Å². The number of hydrogen-bond acceptors (Lipinski definition) is 5. The molecule has 7 nitrogen and oxygen atoms in total. The summed E-state index contributed by atoms with van der Waals surface area (Å²) in [6, 6.07) is 5.91. The summed E-state index contributed by atoms with van der Waals surface area (Å²) in [5.41, 5.74) is 0.826. The number of anilines is 1. The van der Waals surface area contributed by atoms with Crippen molar-refractivity contribution in [1.82, 2.24) is 5.32 Å². The maximum absolute atomic E-state index is 12.4. The molecule has 1 heterocycles. The van der Waals surface area contributed by atoms with Gasteiger partial charge in [0.15, 0.2) is 0 Å². The van der Waals surface area contributed by atoms with Crippen molar-refractivity contribution in [2.75, 3.05) is 12.4 Å². The number of amides is 2. The highest BCUT2D eigenvalue weighted by Gasteiger charge is 2.19. The fraction of sp³-hybridized carbons (Fsp3) is 0.333. The molecular formula is C18H22N2O5. The molecule has 0 spiro atoms. The second-order valence-corrected chi connectivity index (χ2v) is 5.73. The van der Waals surface area contributed by atoms with Crippen molar-refractivity contribution in [2.24, 2.45) is 0 Å². The molecule has 1 aromatic carbocycles. The van der Waals surface area contributed by atoms with Gasteiger partial charge in [0.25, 0.3) is 5.91 Å². The van der Waals surface area contributed by atoms with Crippen LogP contribution in [0.2, 0.25) is 0 Å². The quantitative estimate of drug-likeness (QED) is 0.804. The second kappa shape index (κ2) is 8.23. The van der Waals surface area contributed by atoms with Crippen molar-refractivity contribution in [3.05, 3.63) is 42.4 Å². The van der Waals surface area contributed by atoms with E-state index in [-0.39, 0.29) is 17.9 Å². The van der Waals surface area contributed by atoms with Gasteiger partial charge in [0.05, 0.1) is 30.7 Å². The maximum Gasteiger partial charge on any atom is 0.255 e. The minimum atomic E-state index is -0.750. The lowest BCUT2D eigenvalue weighted by molar-refractivity contribution is -0.117. The van der Waals surface area contributed by atoms with E-state index in [2.05, 4.69) is 10.6 Å². The summed E-state index contributed by atoms with van der Waals surface area (Å²) in [6.07, 6.45) is 2.66. The van der Waals surface area contributed by atoms with Crippen molar-refractivity contribution in [3.8, 4) is 11.5 Å². The Balaban J connectivity index is 2.08. The SMILES string of the molecule is COc1ccc(OC(C)C)c(NC(=O)[C@H](C)NC(=O)c2ccoc2)c1. The average molecular weight is 346 g/mol. The molecule has 0 saturated carbocycles. The summed E-state index contributed by atoms with van der Waals surface area (Å²) in [6.45, 7) is 5.38. The number of benzene rings is 1. The number of furan rings is 1. The topological polar surface area (TPSA) is 89.8 Å². The van der Waals surface area contributed by atoms with Gasteiger partial charge in [0, 0.05) is 6.07 Å². The summed E-state index contributed by atoms with van der Waals surface area (Å²) in [5, 5.41) is 5.37. The Bertz CT molecular complexity index is 725. The number of ether oxygens (including phenoxy) is 2. The van der Waals surface area contributed by atoms with Gasteiger partial charge in [-0.25, -0.2) is 0 Å². The van der Waals surface area contributed by atoms with Crippen LogP contribution in [0.4, 0.5) is 5.69 Å². The molecule has 0 bridgehead atoms. The first-order valence-corrected chi connectivity index (χ1v) is 7.89. The van der Waals surface area contributed by atoms with Gasteiger partial charge in [-0.05, 0) is 39.0 Å². The number of methoxy groups -OCH3 is 1. The smallest absolute Gasteiger partial charge is 0.255 e. The van der Waals surface area contributed by atoms with Gasteiger partial charge in [0.1, 0.15) is 23.8 Å². The van der Waals surface area contributed by atoms with Crippen LogP contribution in [0.3, 0.4) is 0 Å². The zero-order chi connectivity index (χ0) is 18.4. The molecule has 0 saturated heterocycles. The van der Waals surface area contributed by atoms with Crippen LogP contribution in [0.15, 0.2) is 41.2 Å². The molecule has 0 radical (unpaired) electrons. The van der Waals surface area contributed by atoms with Crippen molar-refractivity contribution in [2.45, 2.75) is 32.9 Å². The molecule has 2 N–H and O–H groups in total. The molecule has 0 unspecified atom stereocenters. The molecule has 0 aliphatic carbocycles. The van der Waals surface area contributed by atoms with E-state index in [0.29, 0.717) is 22.7 Å². The predicted octanol–water partition coefficient (Wildman–Crippen LogP) is 2.83. The number of carbonyl (C=O) groups excluding carboxylic acids is 2. The molecule has 1 aromatic heterocycles. The van der Waals surface area contributed by atoms with Crippen molar-refractivity contribution in [3.63, 3.8) is 0 Å². The van der Waals surface area contributed by atoms with E-state index >= 15 is 0 Å². The Labute approximate surface area is 146 Å². The van der Waals surface area contributed by atoms with Crippen LogP contribution in [0.1, 0.15) is 31.1 Å². The molecule has 0 aliphatic heterocycles. The molecule has 2 aromatic rings. The minimum Gasteiger partial charge on any atom is -0.497 e. The maximum atomic E-state index is 12.4. The highest BCUT2D eigenvalue weighted by molar-refractivity contribution is 6.01. The molecule has 2 rings (SSSR count). The van der Waals surface area contributed by atoms with Crippen molar-refractivity contribution >= 4 is 17.5 Å². The first kappa shape index (κ1) is 18.4. The zero-order valence-corrected chi connectivity index (χ0v) is 14.7. The van der Waals surface area contributed by atoms with Crippen molar-refractivity contribution < 1.29 is 23.5 Å². The molecule has 134 valence electrons. The monoisotopic (exact) mass is 346 g/mol. The van der Waals surface area contributed by atoms with Gasteiger partial charge in [-0.2, -0.15) is 0 Å². The van der Waals surface area contributed by atoms with E-state index in [1.807, 2.05) is 13.8 Å². The van der Waals surface area contributed by atoms with Crippen LogP contribution in [0.5, 0.6) is 11.5 Å². The van der Waals surface area contributed by atoms with Gasteiger partial charge in [-0.1, -0.05) is 0 Å². The Kier molecular flexibility index (Phi) is 6.05. The van der Waals surface area contributed by atoms with Crippen LogP contribution in [0.25, 0.3) is 0 Å². The molecular weight excluding hydrogens is 324 g/mol. The molecule has 0 fully saturated rings.